The molecular weight excluding hydrogens is 186 g/mol. The van der Waals surface area contributed by atoms with Crippen molar-refractivity contribution in [1.29, 1.82) is 0 Å². The third-order valence-electron chi connectivity index (χ3n) is 1.74. The van der Waals surface area contributed by atoms with Gasteiger partial charge in [-0.15, -0.1) is 6.58 Å². The van der Waals surface area contributed by atoms with Gasteiger partial charge in [0.05, 0.1) is 5.75 Å². The monoisotopic (exact) mass is 205 g/mol. The maximum Gasteiger partial charge on any atom is 0.214 e. The zero-order valence-electron chi connectivity index (χ0n) is 8.87. The quantitative estimate of drug-likeness (QED) is 0.654. The van der Waals surface area contributed by atoms with Gasteiger partial charge in [-0.05, 0) is 27.7 Å². The van der Waals surface area contributed by atoms with Crippen LogP contribution in [-0.2, 0) is 10.0 Å². The van der Waals surface area contributed by atoms with Gasteiger partial charge in [-0.2, -0.15) is 4.31 Å². The first kappa shape index (κ1) is 12.7. The van der Waals surface area contributed by atoms with Crippen molar-refractivity contribution in [2.45, 2.75) is 33.2 Å². The van der Waals surface area contributed by atoms with Crippen LogP contribution in [0.4, 0.5) is 0 Å². The Labute approximate surface area is 81.5 Å². The fourth-order valence-corrected chi connectivity index (χ4v) is 2.56. The fourth-order valence-electron chi connectivity index (χ4n) is 1.08. The summed E-state index contributed by atoms with van der Waals surface area (Å²) in [5, 5.41) is 0. The molecule has 0 atom stereocenters. The average Bonchev–Trinajstić information content (AvgIpc) is 1.98. The molecular formula is C9H19NO2S. The van der Waals surface area contributed by atoms with Gasteiger partial charge in [-0.3, -0.25) is 0 Å². The summed E-state index contributed by atoms with van der Waals surface area (Å²) >= 11 is 0. The van der Waals surface area contributed by atoms with Crippen molar-refractivity contribution in [3.05, 3.63) is 12.7 Å². The van der Waals surface area contributed by atoms with Crippen molar-refractivity contribution in [1.82, 2.24) is 4.31 Å². The number of hydrogen-bond acceptors (Lipinski definition) is 2. The molecule has 4 heteroatoms. The van der Waals surface area contributed by atoms with Crippen LogP contribution in [-0.4, -0.2) is 30.6 Å². The maximum atomic E-state index is 11.6. The van der Waals surface area contributed by atoms with Gasteiger partial charge in [0.1, 0.15) is 0 Å². The van der Waals surface area contributed by atoms with Crippen LogP contribution in [0.25, 0.3) is 0 Å². The highest BCUT2D eigenvalue weighted by Crippen LogP contribution is 2.17. The lowest BCUT2D eigenvalue weighted by molar-refractivity contribution is 0.270. The van der Waals surface area contributed by atoms with Crippen molar-refractivity contribution in [2.75, 3.05) is 12.3 Å². The van der Waals surface area contributed by atoms with Gasteiger partial charge in [-0.1, -0.05) is 6.08 Å². The predicted octanol–water partition coefficient (Wildman–Crippen LogP) is 1.62. The molecule has 0 fully saturated rings. The van der Waals surface area contributed by atoms with Crippen molar-refractivity contribution in [3.8, 4) is 0 Å². The largest absolute Gasteiger partial charge is 0.214 e. The second-order valence-electron chi connectivity index (χ2n) is 3.89. The minimum atomic E-state index is -3.12. The van der Waals surface area contributed by atoms with E-state index in [0.717, 1.165) is 0 Å². The standard InChI is InChI=1S/C9H19NO2S/c1-6-8-10(9(3,4)5)13(11,12)7-2/h6H,1,7-8H2,2-5H3. The molecule has 0 aliphatic rings. The molecule has 13 heavy (non-hydrogen) atoms. The molecule has 0 radical (unpaired) electrons. The number of sulfonamides is 1. The lowest BCUT2D eigenvalue weighted by atomic mass is 10.1. The van der Waals surface area contributed by atoms with E-state index in [1.54, 1.807) is 13.0 Å². The summed E-state index contributed by atoms with van der Waals surface area (Å²) in [7, 11) is -3.12. The molecule has 0 aromatic rings. The Morgan fingerprint density at radius 2 is 1.85 bits per heavy atom. The van der Waals surface area contributed by atoms with Gasteiger partial charge in [0.2, 0.25) is 10.0 Å². The molecule has 0 unspecified atom stereocenters. The van der Waals surface area contributed by atoms with Crippen LogP contribution in [0.3, 0.4) is 0 Å². The normalized spacial score (nSPS) is 13.3. The van der Waals surface area contributed by atoms with E-state index < -0.39 is 10.0 Å². The summed E-state index contributed by atoms with van der Waals surface area (Å²) in [5.74, 6) is 0.137. The molecule has 0 saturated carbocycles. The SMILES string of the molecule is C=CCN(C(C)(C)C)S(=O)(=O)CC. The Kier molecular flexibility index (Phi) is 4.13. The molecule has 0 aliphatic heterocycles. The first-order valence-corrected chi connectivity index (χ1v) is 5.98. The Morgan fingerprint density at radius 3 is 2.08 bits per heavy atom. The molecule has 0 saturated heterocycles. The van der Waals surface area contributed by atoms with Gasteiger partial charge in [0, 0.05) is 12.1 Å². The zero-order valence-corrected chi connectivity index (χ0v) is 9.69. The molecule has 0 bridgehead atoms. The second-order valence-corrected chi connectivity index (χ2v) is 6.07. The second kappa shape index (κ2) is 4.24. The van der Waals surface area contributed by atoms with Crippen LogP contribution >= 0.6 is 0 Å². The Hall–Kier alpha value is -0.350. The molecule has 0 amide bonds. The van der Waals surface area contributed by atoms with E-state index in [-0.39, 0.29) is 11.3 Å². The van der Waals surface area contributed by atoms with E-state index in [1.807, 2.05) is 20.8 Å². The Balaban J connectivity index is 4.93. The highest BCUT2D eigenvalue weighted by atomic mass is 32.2. The van der Waals surface area contributed by atoms with E-state index in [1.165, 1.54) is 4.31 Å². The van der Waals surface area contributed by atoms with E-state index in [0.29, 0.717) is 6.54 Å². The van der Waals surface area contributed by atoms with E-state index in [4.69, 9.17) is 0 Å². The van der Waals surface area contributed by atoms with Crippen molar-refractivity contribution >= 4 is 10.0 Å². The first-order valence-electron chi connectivity index (χ1n) is 4.37. The van der Waals surface area contributed by atoms with Gasteiger partial charge in [-0.25, -0.2) is 8.42 Å². The summed E-state index contributed by atoms with van der Waals surface area (Å²) in [6.45, 7) is 11.2. The molecule has 78 valence electrons. The molecule has 0 rings (SSSR count). The Bertz CT molecular complexity index is 262. The number of nitrogens with zero attached hydrogens (tertiary/aromatic N) is 1. The van der Waals surface area contributed by atoms with E-state index in [9.17, 15) is 8.42 Å². The van der Waals surface area contributed by atoms with E-state index in [2.05, 4.69) is 6.58 Å². The highest BCUT2D eigenvalue weighted by molar-refractivity contribution is 7.89. The topological polar surface area (TPSA) is 37.4 Å². The lowest BCUT2D eigenvalue weighted by Crippen LogP contribution is -2.46. The molecule has 0 spiro atoms. The molecule has 0 heterocycles. The molecule has 0 aliphatic carbocycles. The number of hydrogen-bond donors (Lipinski definition) is 0. The van der Waals surface area contributed by atoms with E-state index >= 15 is 0 Å². The third kappa shape index (κ3) is 3.48. The van der Waals surface area contributed by atoms with Crippen LogP contribution in [0.1, 0.15) is 27.7 Å². The summed E-state index contributed by atoms with van der Waals surface area (Å²) in [5.41, 5.74) is -0.372. The third-order valence-corrected chi connectivity index (χ3v) is 3.84. The van der Waals surface area contributed by atoms with Crippen molar-refractivity contribution in [3.63, 3.8) is 0 Å². The number of rotatable bonds is 4. The lowest BCUT2D eigenvalue weighted by Gasteiger charge is -2.33. The smallest absolute Gasteiger partial charge is 0.212 e. The van der Waals surface area contributed by atoms with Crippen LogP contribution < -0.4 is 0 Å². The van der Waals surface area contributed by atoms with Gasteiger partial charge in [0.15, 0.2) is 0 Å². The summed E-state index contributed by atoms with van der Waals surface area (Å²) in [6.07, 6.45) is 1.61. The highest BCUT2D eigenvalue weighted by Gasteiger charge is 2.29. The van der Waals surface area contributed by atoms with Gasteiger partial charge < -0.3 is 0 Å². The summed E-state index contributed by atoms with van der Waals surface area (Å²) in [4.78, 5) is 0. The predicted molar refractivity (Wildman–Crippen MR) is 56.1 cm³/mol. The maximum absolute atomic E-state index is 11.6. The molecule has 0 N–H and O–H groups in total. The summed E-state index contributed by atoms with van der Waals surface area (Å²) < 4.78 is 24.7. The fraction of sp³-hybridized carbons (Fsp3) is 0.778. The zero-order chi connectivity index (χ0) is 10.7. The van der Waals surface area contributed by atoms with Crippen LogP contribution in [0.5, 0.6) is 0 Å². The minimum Gasteiger partial charge on any atom is -0.212 e. The van der Waals surface area contributed by atoms with Gasteiger partial charge >= 0.3 is 0 Å². The Morgan fingerprint density at radius 1 is 1.38 bits per heavy atom. The molecule has 0 aromatic heterocycles. The van der Waals surface area contributed by atoms with Crippen LogP contribution in [0.15, 0.2) is 12.7 Å². The summed E-state index contributed by atoms with van der Waals surface area (Å²) in [6, 6.07) is 0. The minimum absolute atomic E-state index is 0.137. The van der Waals surface area contributed by atoms with Crippen LogP contribution in [0.2, 0.25) is 0 Å². The molecule has 0 aromatic carbocycles. The van der Waals surface area contributed by atoms with Crippen LogP contribution in [0, 0.1) is 0 Å². The molecule has 3 nitrogen and oxygen atoms in total. The van der Waals surface area contributed by atoms with Crippen molar-refractivity contribution in [2.24, 2.45) is 0 Å². The first-order chi connectivity index (χ1) is 5.75. The average molecular weight is 205 g/mol. The van der Waals surface area contributed by atoms with Crippen molar-refractivity contribution < 1.29 is 8.42 Å². The van der Waals surface area contributed by atoms with Gasteiger partial charge in [0.25, 0.3) is 0 Å².